The maximum Gasteiger partial charge on any atom is 0.331 e. The van der Waals surface area contributed by atoms with E-state index in [0.717, 1.165) is 22.3 Å². The minimum atomic E-state index is -0.438. The number of nitrogen functional groups attached to an aromatic ring is 1. The van der Waals surface area contributed by atoms with Gasteiger partial charge in [0.05, 0.1) is 6.54 Å². The van der Waals surface area contributed by atoms with E-state index in [-0.39, 0.29) is 17.9 Å². The predicted molar refractivity (Wildman–Crippen MR) is 80.1 cm³/mol. The fourth-order valence-electron chi connectivity index (χ4n) is 2.51. The van der Waals surface area contributed by atoms with Crippen LogP contribution >= 0.6 is 0 Å². The third kappa shape index (κ3) is 2.39. The smallest absolute Gasteiger partial charge is 0.331 e. The van der Waals surface area contributed by atoms with Gasteiger partial charge in [0.2, 0.25) is 0 Å². The number of anilines is 1. The van der Waals surface area contributed by atoms with Crippen LogP contribution in [-0.4, -0.2) is 9.13 Å². The van der Waals surface area contributed by atoms with Crippen molar-refractivity contribution >= 4 is 5.69 Å². The normalized spacial score (nSPS) is 10.8. The second-order valence-electron chi connectivity index (χ2n) is 5.25. The van der Waals surface area contributed by atoms with Crippen LogP contribution in [0.3, 0.4) is 0 Å². The SMILES string of the molecule is Cc1cc(C)c(Cn2c(=O)c(N)cn(C)c2=O)c(C)c1. The average Bonchev–Trinajstić information content (AvgIpc) is 2.34. The highest BCUT2D eigenvalue weighted by Gasteiger charge is 2.11. The van der Waals surface area contributed by atoms with Crippen molar-refractivity contribution in [1.29, 1.82) is 0 Å². The van der Waals surface area contributed by atoms with E-state index in [9.17, 15) is 9.59 Å². The number of rotatable bonds is 2. The Labute approximate surface area is 117 Å². The van der Waals surface area contributed by atoms with E-state index in [1.54, 1.807) is 7.05 Å². The molecule has 5 heteroatoms. The van der Waals surface area contributed by atoms with Crippen molar-refractivity contribution in [2.75, 3.05) is 5.73 Å². The van der Waals surface area contributed by atoms with Crippen LogP contribution in [0.15, 0.2) is 27.9 Å². The van der Waals surface area contributed by atoms with Crippen LogP contribution in [0.2, 0.25) is 0 Å². The Morgan fingerprint density at radius 2 is 1.65 bits per heavy atom. The van der Waals surface area contributed by atoms with Gasteiger partial charge in [-0.25, -0.2) is 4.79 Å². The molecule has 1 aromatic heterocycles. The fraction of sp³-hybridized carbons (Fsp3) is 0.333. The first-order chi connectivity index (χ1) is 9.31. The molecule has 2 rings (SSSR count). The number of aromatic nitrogens is 2. The van der Waals surface area contributed by atoms with Crippen molar-refractivity contribution in [2.24, 2.45) is 7.05 Å². The molecule has 0 atom stereocenters. The third-order valence-corrected chi connectivity index (χ3v) is 3.51. The summed E-state index contributed by atoms with van der Waals surface area (Å²) in [4.78, 5) is 24.2. The summed E-state index contributed by atoms with van der Waals surface area (Å²) in [5.41, 5.74) is 9.22. The molecule has 2 N–H and O–H groups in total. The van der Waals surface area contributed by atoms with Crippen molar-refractivity contribution in [3.63, 3.8) is 0 Å². The highest BCUT2D eigenvalue weighted by Crippen LogP contribution is 2.16. The monoisotopic (exact) mass is 273 g/mol. The average molecular weight is 273 g/mol. The molecule has 0 saturated heterocycles. The summed E-state index contributed by atoms with van der Waals surface area (Å²) in [6.07, 6.45) is 1.36. The van der Waals surface area contributed by atoms with Gasteiger partial charge in [0.15, 0.2) is 0 Å². The first-order valence-corrected chi connectivity index (χ1v) is 6.44. The first-order valence-electron chi connectivity index (χ1n) is 6.44. The van der Waals surface area contributed by atoms with Gasteiger partial charge in [-0.1, -0.05) is 17.7 Å². The lowest BCUT2D eigenvalue weighted by molar-refractivity contribution is 0.639. The van der Waals surface area contributed by atoms with E-state index in [0.29, 0.717) is 0 Å². The highest BCUT2D eigenvalue weighted by atomic mass is 16.2. The standard InChI is InChI=1S/C15H19N3O2/c1-9-5-10(2)12(11(3)6-9)7-18-14(19)13(16)8-17(4)15(18)20/h5-6,8H,7,16H2,1-4H3. The fourth-order valence-corrected chi connectivity index (χ4v) is 2.51. The van der Waals surface area contributed by atoms with Crippen LogP contribution in [0.1, 0.15) is 22.3 Å². The van der Waals surface area contributed by atoms with E-state index in [4.69, 9.17) is 5.73 Å². The lowest BCUT2D eigenvalue weighted by Crippen LogP contribution is -2.40. The van der Waals surface area contributed by atoms with Crippen LogP contribution in [0, 0.1) is 20.8 Å². The van der Waals surface area contributed by atoms with Gasteiger partial charge in [-0.05, 0) is 37.5 Å². The van der Waals surface area contributed by atoms with Crippen molar-refractivity contribution < 1.29 is 0 Å². The second kappa shape index (κ2) is 5.00. The lowest BCUT2D eigenvalue weighted by Gasteiger charge is -2.13. The molecule has 2 aromatic rings. The van der Waals surface area contributed by atoms with Gasteiger partial charge >= 0.3 is 5.69 Å². The summed E-state index contributed by atoms with van der Waals surface area (Å²) in [6.45, 7) is 6.23. The molecular formula is C15H19N3O2. The van der Waals surface area contributed by atoms with Crippen molar-refractivity contribution in [3.05, 3.63) is 61.4 Å². The molecule has 0 aliphatic rings. The minimum Gasteiger partial charge on any atom is -0.393 e. The molecule has 0 amide bonds. The number of hydrogen-bond acceptors (Lipinski definition) is 3. The Hall–Kier alpha value is -2.30. The number of aryl methyl sites for hydroxylation is 4. The first kappa shape index (κ1) is 14.1. The quantitative estimate of drug-likeness (QED) is 0.891. The van der Waals surface area contributed by atoms with E-state index >= 15 is 0 Å². The van der Waals surface area contributed by atoms with E-state index < -0.39 is 5.56 Å². The van der Waals surface area contributed by atoms with Gasteiger partial charge in [0.25, 0.3) is 5.56 Å². The molecule has 1 aromatic carbocycles. The summed E-state index contributed by atoms with van der Waals surface area (Å²) >= 11 is 0. The minimum absolute atomic E-state index is 0.0783. The van der Waals surface area contributed by atoms with Gasteiger partial charge < -0.3 is 10.3 Å². The Morgan fingerprint density at radius 1 is 1.10 bits per heavy atom. The van der Waals surface area contributed by atoms with E-state index in [1.165, 1.54) is 15.3 Å². The number of nitrogens with two attached hydrogens (primary N) is 1. The number of nitrogens with zero attached hydrogens (tertiary/aromatic N) is 2. The molecular weight excluding hydrogens is 254 g/mol. The molecule has 0 spiro atoms. The predicted octanol–water partition coefficient (Wildman–Crippen LogP) is 1.10. The molecule has 1 heterocycles. The zero-order valence-corrected chi connectivity index (χ0v) is 12.2. The van der Waals surface area contributed by atoms with E-state index in [2.05, 4.69) is 0 Å². The number of benzene rings is 1. The summed E-state index contributed by atoms with van der Waals surface area (Å²) in [7, 11) is 1.59. The molecule has 5 nitrogen and oxygen atoms in total. The third-order valence-electron chi connectivity index (χ3n) is 3.51. The highest BCUT2D eigenvalue weighted by molar-refractivity contribution is 5.38. The Kier molecular flexibility index (Phi) is 3.53. The van der Waals surface area contributed by atoms with E-state index in [1.807, 2.05) is 32.9 Å². The molecule has 0 radical (unpaired) electrons. The molecule has 0 fully saturated rings. The Morgan fingerprint density at radius 3 is 2.20 bits per heavy atom. The molecule has 20 heavy (non-hydrogen) atoms. The topological polar surface area (TPSA) is 70.0 Å². The van der Waals surface area contributed by atoms with Crippen molar-refractivity contribution in [1.82, 2.24) is 9.13 Å². The largest absolute Gasteiger partial charge is 0.393 e. The Balaban J connectivity index is 2.63. The zero-order chi connectivity index (χ0) is 15.0. The summed E-state index contributed by atoms with van der Waals surface area (Å²) in [5.74, 6) is 0. The van der Waals surface area contributed by atoms with Crippen LogP contribution < -0.4 is 17.0 Å². The van der Waals surface area contributed by atoms with Crippen LogP contribution in [0.25, 0.3) is 0 Å². The molecule has 0 aliphatic heterocycles. The molecule has 106 valence electrons. The van der Waals surface area contributed by atoms with Gasteiger partial charge in [0.1, 0.15) is 5.69 Å². The van der Waals surface area contributed by atoms with Gasteiger partial charge in [-0.2, -0.15) is 0 Å². The van der Waals surface area contributed by atoms with Crippen LogP contribution in [-0.2, 0) is 13.6 Å². The van der Waals surface area contributed by atoms with Gasteiger partial charge in [0, 0.05) is 13.2 Å². The van der Waals surface area contributed by atoms with Crippen LogP contribution in [0.5, 0.6) is 0 Å². The molecule has 0 saturated carbocycles. The molecule has 0 unspecified atom stereocenters. The summed E-state index contributed by atoms with van der Waals surface area (Å²) in [5, 5.41) is 0. The van der Waals surface area contributed by atoms with Crippen LogP contribution in [0.4, 0.5) is 5.69 Å². The van der Waals surface area contributed by atoms with Crippen molar-refractivity contribution in [2.45, 2.75) is 27.3 Å². The Bertz CT molecular complexity index is 727. The van der Waals surface area contributed by atoms with Gasteiger partial charge in [-0.3, -0.25) is 9.36 Å². The summed E-state index contributed by atoms with van der Waals surface area (Å²) < 4.78 is 2.51. The molecule has 0 bridgehead atoms. The molecule has 0 aliphatic carbocycles. The van der Waals surface area contributed by atoms with Gasteiger partial charge in [-0.15, -0.1) is 0 Å². The number of hydrogen-bond donors (Lipinski definition) is 1. The second-order valence-corrected chi connectivity index (χ2v) is 5.25. The zero-order valence-electron chi connectivity index (χ0n) is 12.2. The summed E-state index contributed by atoms with van der Waals surface area (Å²) in [6, 6.07) is 4.09. The lowest BCUT2D eigenvalue weighted by atomic mass is 10.00. The maximum absolute atomic E-state index is 12.1. The maximum atomic E-state index is 12.1. The van der Waals surface area contributed by atoms with Crippen molar-refractivity contribution in [3.8, 4) is 0 Å².